The molecule has 5 rings (SSSR count). The van der Waals surface area contributed by atoms with E-state index in [4.69, 9.17) is 0 Å². The molecule has 1 saturated heterocycles. The highest BCUT2D eigenvalue weighted by atomic mass is 32.2. The van der Waals surface area contributed by atoms with E-state index >= 15 is 0 Å². The number of nitrogens with zero attached hydrogens (tertiary/aromatic N) is 2. The first kappa shape index (κ1) is 26.6. The molecule has 0 saturated carbocycles. The van der Waals surface area contributed by atoms with Crippen molar-refractivity contribution in [1.82, 2.24) is 14.9 Å². The lowest BCUT2D eigenvalue weighted by Crippen LogP contribution is -2.58. The van der Waals surface area contributed by atoms with E-state index in [2.05, 4.69) is 22.8 Å². The van der Waals surface area contributed by atoms with Crippen LogP contribution >= 0.6 is 0 Å². The number of aryl methyl sites for hydroxylation is 2. The molecule has 8 nitrogen and oxygen atoms in total. The van der Waals surface area contributed by atoms with Crippen LogP contribution in [0.3, 0.4) is 0 Å². The minimum atomic E-state index is -3.95. The molecule has 0 unspecified atom stereocenters. The number of carbonyl (C=O) groups is 2. The SMILES string of the molecule is Cc1ccc(S(=O)(=O)N2CCNC(=O)[C@H]2CC(=O)N[C@@H]2CCCc3cc(-c4cccc(C#N)c4)ccc32)cc1. The maximum absolute atomic E-state index is 13.4. The molecule has 3 aromatic rings. The normalized spacial score (nSPS) is 19.4. The Hall–Kier alpha value is -4.00. The van der Waals surface area contributed by atoms with Crippen LogP contribution < -0.4 is 10.6 Å². The van der Waals surface area contributed by atoms with Crippen LogP contribution in [0.1, 0.15) is 47.6 Å². The Morgan fingerprint density at radius 3 is 2.64 bits per heavy atom. The van der Waals surface area contributed by atoms with Crippen LogP contribution in [0, 0.1) is 18.3 Å². The van der Waals surface area contributed by atoms with E-state index in [1.54, 1.807) is 18.2 Å². The molecular weight excluding hydrogens is 512 g/mol. The Kier molecular flexibility index (Phi) is 7.51. The second kappa shape index (κ2) is 11.0. The first-order chi connectivity index (χ1) is 18.8. The van der Waals surface area contributed by atoms with Gasteiger partial charge in [-0.25, -0.2) is 8.42 Å². The van der Waals surface area contributed by atoms with Crippen molar-refractivity contribution in [2.75, 3.05) is 13.1 Å². The minimum Gasteiger partial charge on any atom is -0.353 e. The van der Waals surface area contributed by atoms with E-state index in [0.717, 1.165) is 51.4 Å². The molecule has 1 aliphatic carbocycles. The highest BCUT2D eigenvalue weighted by Gasteiger charge is 2.40. The lowest BCUT2D eigenvalue weighted by Gasteiger charge is -2.34. The third-order valence-corrected chi connectivity index (χ3v) is 9.33. The van der Waals surface area contributed by atoms with Gasteiger partial charge in [0.1, 0.15) is 6.04 Å². The van der Waals surface area contributed by atoms with E-state index < -0.39 is 22.0 Å². The summed E-state index contributed by atoms with van der Waals surface area (Å²) < 4.78 is 27.9. The van der Waals surface area contributed by atoms with Gasteiger partial charge in [0.2, 0.25) is 21.8 Å². The molecule has 2 atom stereocenters. The van der Waals surface area contributed by atoms with E-state index in [1.807, 2.05) is 37.3 Å². The van der Waals surface area contributed by atoms with Crippen LogP contribution in [0.4, 0.5) is 0 Å². The van der Waals surface area contributed by atoms with Crippen LogP contribution in [-0.2, 0) is 26.0 Å². The maximum Gasteiger partial charge on any atom is 0.243 e. The zero-order valence-corrected chi connectivity index (χ0v) is 22.5. The van der Waals surface area contributed by atoms with Crippen LogP contribution in [0.5, 0.6) is 0 Å². The van der Waals surface area contributed by atoms with Crippen molar-refractivity contribution in [3.05, 3.63) is 89.0 Å². The fourth-order valence-electron chi connectivity index (χ4n) is 5.36. The van der Waals surface area contributed by atoms with Crippen molar-refractivity contribution in [1.29, 1.82) is 5.26 Å². The van der Waals surface area contributed by atoms with E-state index in [9.17, 15) is 23.3 Å². The number of hydrogen-bond donors (Lipinski definition) is 2. The van der Waals surface area contributed by atoms with Crippen molar-refractivity contribution in [2.24, 2.45) is 0 Å². The second-order valence-corrected chi connectivity index (χ2v) is 11.9. The highest BCUT2D eigenvalue weighted by Crippen LogP contribution is 2.33. The number of fused-ring (bicyclic) bond motifs is 1. The van der Waals surface area contributed by atoms with Gasteiger partial charge in [0.25, 0.3) is 0 Å². The Morgan fingerprint density at radius 1 is 1.10 bits per heavy atom. The number of sulfonamides is 1. The Morgan fingerprint density at radius 2 is 1.87 bits per heavy atom. The van der Waals surface area contributed by atoms with Crippen LogP contribution in [0.2, 0.25) is 0 Å². The molecule has 1 fully saturated rings. The number of carbonyl (C=O) groups excluding carboxylic acids is 2. The molecule has 0 spiro atoms. The Balaban J connectivity index is 1.33. The van der Waals surface area contributed by atoms with Gasteiger partial charge in [-0.3, -0.25) is 9.59 Å². The third-order valence-electron chi connectivity index (χ3n) is 7.41. The summed E-state index contributed by atoms with van der Waals surface area (Å²) >= 11 is 0. The molecule has 2 amide bonds. The van der Waals surface area contributed by atoms with Crippen LogP contribution in [0.15, 0.2) is 71.6 Å². The van der Waals surface area contributed by atoms with Gasteiger partial charge in [0.15, 0.2) is 0 Å². The van der Waals surface area contributed by atoms with Gasteiger partial charge in [-0.1, -0.05) is 48.0 Å². The molecule has 0 radical (unpaired) electrons. The average molecular weight is 543 g/mol. The highest BCUT2D eigenvalue weighted by molar-refractivity contribution is 7.89. The van der Waals surface area contributed by atoms with Gasteiger partial charge in [-0.15, -0.1) is 0 Å². The maximum atomic E-state index is 13.4. The molecule has 2 aliphatic rings. The van der Waals surface area contributed by atoms with E-state index in [0.29, 0.717) is 5.56 Å². The van der Waals surface area contributed by atoms with Crippen LogP contribution in [-0.4, -0.2) is 43.7 Å². The topological polar surface area (TPSA) is 119 Å². The zero-order chi connectivity index (χ0) is 27.6. The number of benzene rings is 3. The first-order valence-corrected chi connectivity index (χ1v) is 14.5. The van der Waals surface area contributed by atoms with Gasteiger partial charge in [-0.2, -0.15) is 9.57 Å². The van der Waals surface area contributed by atoms with Crippen molar-refractivity contribution in [3.63, 3.8) is 0 Å². The average Bonchev–Trinajstić information content (AvgIpc) is 2.94. The fourth-order valence-corrected chi connectivity index (χ4v) is 6.95. The van der Waals surface area contributed by atoms with Gasteiger partial charge in [0.05, 0.1) is 29.0 Å². The Bertz CT molecular complexity index is 1560. The number of piperazine rings is 1. The Labute approximate surface area is 228 Å². The monoisotopic (exact) mass is 542 g/mol. The molecule has 3 aromatic carbocycles. The molecule has 39 heavy (non-hydrogen) atoms. The van der Waals surface area contributed by atoms with Gasteiger partial charge >= 0.3 is 0 Å². The van der Waals surface area contributed by atoms with Gasteiger partial charge in [0, 0.05) is 13.1 Å². The predicted octanol–water partition coefficient (Wildman–Crippen LogP) is 3.61. The largest absolute Gasteiger partial charge is 0.353 e. The lowest BCUT2D eigenvalue weighted by atomic mass is 9.85. The number of nitrogens with one attached hydrogen (secondary N) is 2. The van der Waals surface area contributed by atoms with Crippen molar-refractivity contribution >= 4 is 21.8 Å². The molecule has 200 valence electrons. The van der Waals surface area contributed by atoms with Crippen LogP contribution in [0.25, 0.3) is 11.1 Å². The van der Waals surface area contributed by atoms with Gasteiger partial charge in [-0.05, 0) is 72.7 Å². The van der Waals surface area contributed by atoms with Crippen molar-refractivity contribution in [3.8, 4) is 17.2 Å². The summed E-state index contributed by atoms with van der Waals surface area (Å²) in [4.78, 5) is 26.1. The molecule has 0 bridgehead atoms. The summed E-state index contributed by atoms with van der Waals surface area (Å²) in [6, 6.07) is 20.9. The van der Waals surface area contributed by atoms with Crippen molar-refractivity contribution in [2.45, 2.75) is 49.6 Å². The summed E-state index contributed by atoms with van der Waals surface area (Å²) in [5.41, 5.74) is 5.64. The first-order valence-electron chi connectivity index (χ1n) is 13.1. The second-order valence-electron chi connectivity index (χ2n) is 10.1. The summed E-state index contributed by atoms with van der Waals surface area (Å²) in [6.45, 7) is 2.16. The predicted molar refractivity (Wildman–Crippen MR) is 147 cm³/mol. The van der Waals surface area contributed by atoms with Gasteiger partial charge < -0.3 is 10.6 Å². The third kappa shape index (κ3) is 5.58. The molecular formula is C30H30N4O4S. The van der Waals surface area contributed by atoms with E-state index in [-0.39, 0.29) is 36.4 Å². The summed E-state index contributed by atoms with van der Waals surface area (Å²) in [5.74, 6) is -0.842. The lowest BCUT2D eigenvalue weighted by molar-refractivity contribution is -0.132. The molecule has 1 aliphatic heterocycles. The summed E-state index contributed by atoms with van der Waals surface area (Å²) in [5, 5.41) is 15.0. The summed E-state index contributed by atoms with van der Waals surface area (Å²) in [7, 11) is -3.95. The minimum absolute atomic E-state index is 0.0991. The summed E-state index contributed by atoms with van der Waals surface area (Å²) in [6.07, 6.45) is 2.25. The molecule has 2 N–H and O–H groups in total. The number of rotatable bonds is 6. The van der Waals surface area contributed by atoms with E-state index in [1.165, 1.54) is 12.1 Å². The smallest absolute Gasteiger partial charge is 0.243 e. The molecule has 9 heteroatoms. The number of nitriles is 1. The quantitative estimate of drug-likeness (QED) is 0.493. The molecule has 0 aromatic heterocycles. The fraction of sp³-hybridized carbons (Fsp3) is 0.300. The number of amides is 2. The standard InChI is InChI=1S/C30H30N4O4S/c1-20-8-11-25(12-9-20)39(37,38)34-15-14-32-30(36)28(34)18-29(35)33-27-7-3-6-24-17-23(10-13-26(24)27)22-5-2-4-21(16-22)19-31/h2,4-5,8-13,16-17,27-28H,3,6-7,14-15,18H2,1H3,(H,32,36)(H,33,35)/t27-,28-/m1/s1. The molecule has 1 heterocycles. The number of hydrogen-bond acceptors (Lipinski definition) is 5. The zero-order valence-electron chi connectivity index (χ0n) is 21.7. The van der Waals surface area contributed by atoms with Crippen molar-refractivity contribution < 1.29 is 18.0 Å².